The monoisotopic (exact) mass is 371 g/mol. The standard InChI is InChI=1S/C25H22FNO/c1-25(2)13-19-17-12-11-15-7-3-4-8-16(15)23(17)27-24(22(19)21(28)14-25)18-9-5-6-10-20(18)26/h3-12,24,27H,13-14H2,1-2H3. The lowest BCUT2D eigenvalue weighted by atomic mass is 9.68. The second kappa shape index (κ2) is 6.03. The number of Topliss-reactive ketones (excluding diaryl/α,β-unsaturated/α-hetero) is 1. The molecule has 0 radical (unpaired) electrons. The Morgan fingerprint density at radius 2 is 1.71 bits per heavy atom. The van der Waals surface area contributed by atoms with Crippen molar-refractivity contribution in [2.45, 2.75) is 32.7 Å². The van der Waals surface area contributed by atoms with E-state index in [1.165, 1.54) is 6.07 Å². The van der Waals surface area contributed by atoms with E-state index >= 15 is 0 Å². The van der Waals surface area contributed by atoms with E-state index in [0.29, 0.717) is 12.0 Å². The van der Waals surface area contributed by atoms with Crippen LogP contribution >= 0.6 is 0 Å². The molecule has 3 heteroatoms. The van der Waals surface area contributed by atoms with Crippen molar-refractivity contribution < 1.29 is 9.18 Å². The Bertz CT molecular complexity index is 1160. The molecule has 3 aromatic rings. The molecule has 0 spiro atoms. The van der Waals surface area contributed by atoms with E-state index in [1.54, 1.807) is 12.1 Å². The number of nitrogens with one attached hydrogen (secondary N) is 1. The van der Waals surface area contributed by atoms with Crippen LogP contribution in [0.5, 0.6) is 0 Å². The van der Waals surface area contributed by atoms with Gasteiger partial charge in [0.15, 0.2) is 5.78 Å². The highest BCUT2D eigenvalue weighted by molar-refractivity contribution is 6.12. The summed E-state index contributed by atoms with van der Waals surface area (Å²) < 4.78 is 14.7. The van der Waals surface area contributed by atoms with Crippen molar-refractivity contribution in [1.82, 2.24) is 0 Å². The van der Waals surface area contributed by atoms with Gasteiger partial charge in [0.05, 0.1) is 11.7 Å². The minimum Gasteiger partial charge on any atom is -0.373 e. The molecule has 5 rings (SSSR count). The zero-order valence-corrected chi connectivity index (χ0v) is 16.1. The molecule has 0 saturated heterocycles. The van der Waals surface area contributed by atoms with Gasteiger partial charge in [-0.25, -0.2) is 4.39 Å². The van der Waals surface area contributed by atoms with Gasteiger partial charge in [-0.05, 0) is 28.9 Å². The van der Waals surface area contributed by atoms with Gasteiger partial charge in [0.2, 0.25) is 0 Å². The van der Waals surface area contributed by atoms with Crippen molar-refractivity contribution in [3.63, 3.8) is 0 Å². The molecular weight excluding hydrogens is 349 g/mol. The minimum atomic E-state index is -0.460. The summed E-state index contributed by atoms with van der Waals surface area (Å²) in [5.41, 5.74) is 4.29. The number of hydrogen-bond donors (Lipinski definition) is 1. The van der Waals surface area contributed by atoms with E-state index in [9.17, 15) is 9.18 Å². The predicted molar refractivity (Wildman–Crippen MR) is 112 cm³/mol. The van der Waals surface area contributed by atoms with Crippen LogP contribution in [0.4, 0.5) is 10.1 Å². The molecule has 1 unspecified atom stereocenters. The van der Waals surface area contributed by atoms with Gasteiger partial charge < -0.3 is 5.32 Å². The fraction of sp³-hybridized carbons (Fsp3) is 0.240. The Labute approximate surface area is 164 Å². The first-order valence-corrected chi connectivity index (χ1v) is 9.74. The molecule has 0 saturated carbocycles. The largest absolute Gasteiger partial charge is 0.373 e. The van der Waals surface area contributed by atoms with Crippen molar-refractivity contribution in [1.29, 1.82) is 0 Å². The maximum absolute atomic E-state index is 14.7. The molecule has 140 valence electrons. The Hall–Kier alpha value is -2.94. The number of benzene rings is 3. The van der Waals surface area contributed by atoms with Crippen LogP contribution in [-0.2, 0) is 4.79 Å². The average Bonchev–Trinajstić information content (AvgIpc) is 2.66. The first-order chi connectivity index (χ1) is 13.4. The smallest absolute Gasteiger partial charge is 0.162 e. The number of ketones is 1. The van der Waals surface area contributed by atoms with Crippen LogP contribution < -0.4 is 5.32 Å². The molecule has 0 aromatic heterocycles. The van der Waals surface area contributed by atoms with Crippen LogP contribution in [0.15, 0.2) is 66.2 Å². The summed E-state index contributed by atoms with van der Waals surface area (Å²) in [5, 5.41) is 5.77. The number of carbonyl (C=O) groups is 1. The number of hydrogen-bond acceptors (Lipinski definition) is 2. The van der Waals surface area contributed by atoms with Gasteiger partial charge in [0.1, 0.15) is 5.82 Å². The van der Waals surface area contributed by atoms with E-state index in [1.807, 2.05) is 18.2 Å². The molecule has 28 heavy (non-hydrogen) atoms. The minimum absolute atomic E-state index is 0.101. The van der Waals surface area contributed by atoms with E-state index in [2.05, 4.69) is 43.4 Å². The number of allylic oxidation sites excluding steroid dienone is 1. The summed E-state index contributed by atoms with van der Waals surface area (Å²) in [6.45, 7) is 4.27. The van der Waals surface area contributed by atoms with E-state index in [-0.39, 0.29) is 17.0 Å². The Kier molecular flexibility index (Phi) is 3.70. The highest BCUT2D eigenvalue weighted by Crippen LogP contribution is 2.51. The Morgan fingerprint density at radius 1 is 0.964 bits per heavy atom. The summed E-state index contributed by atoms with van der Waals surface area (Å²) in [6.07, 6.45) is 1.30. The second-order valence-corrected chi connectivity index (χ2v) is 8.64. The van der Waals surface area contributed by atoms with Gasteiger partial charge in [0, 0.05) is 28.5 Å². The zero-order chi connectivity index (χ0) is 19.5. The molecule has 2 aliphatic rings. The average molecular weight is 371 g/mol. The number of anilines is 1. The summed E-state index contributed by atoms with van der Waals surface area (Å²) in [7, 11) is 0. The molecule has 1 atom stereocenters. The fourth-order valence-corrected chi connectivity index (χ4v) is 4.75. The van der Waals surface area contributed by atoms with Crippen LogP contribution in [0.25, 0.3) is 16.3 Å². The van der Waals surface area contributed by atoms with E-state index in [0.717, 1.165) is 39.6 Å². The number of fused-ring (bicyclic) bond motifs is 4. The highest BCUT2D eigenvalue weighted by Gasteiger charge is 2.41. The van der Waals surface area contributed by atoms with Gasteiger partial charge in [-0.2, -0.15) is 0 Å². The van der Waals surface area contributed by atoms with Gasteiger partial charge >= 0.3 is 0 Å². The van der Waals surface area contributed by atoms with Crippen LogP contribution in [0.1, 0.15) is 43.9 Å². The van der Waals surface area contributed by atoms with E-state index < -0.39 is 6.04 Å². The first-order valence-electron chi connectivity index (χ1n) is 9.74. The van der Waals surface area contributed by atoms with Crippen molar-refractivity contribution >= 4 is 27.8 Å². The van der Waals surface area contributed by atoms with E-state index in [4.69, 9.17) is 0 Å². The number of carbonyl (C=O) groups excluding carboxylic acids is 1. The van der Waals surface area contributed by atoms with Gasteiger partial charge in [-0.3, -0.25) is 4.79 Å². The van der Waals surface area contributed by atoms with Crippen LogP contribution in [-0.4, -0.2) is 5.78 Å². The third-order valence-corrected chi connectivity index (χ3v) is 5.97. The molecule has 0 amide bonds. The molecule has 1 aliphatic carbocycles. The van der Waals surface area contributed by atoms with Crippen molar-refractivity contribution in [2.75, 3.05) is 5.32 Å². The van der Waals surface area contributed by atoms with Crippen molar-refractivity contribution in [3.8, 4) is 0 Å². The maximum Gasteiger partial charge on any atom is 0.162 e. The molecule has 2 nitrogen and oxygen atoms in total. The molecular formula is C25H22FNO. The number of rotatable bonds is 1. The lowest BCUT2D eigenvalue weighted by molar-refractivity contribution is -0.118. The van der Waals surface area contributed by atoms with Crippen LogP contribution in [0.3, 0.4) is 0 Å². The fourth-order valence-electron chi connectivity index (χ4n) is 4.75. The van der Waals surface area contributed by atoms with Crippen LogP contribution in [0, 0.1) is 11.2 Å². The SMILES string of the molecule is CC1(C)CC(=O)C2=C(C1)c1ccc3ccccc3c1NC2c1ccccc1F. The zero-order valence-electron chi connectivity index (χ0n) is 16.1. The predicted octanol–water partition coefficient (Wildman–Crippen LogP) is 6.29. The van der Waals surface area contributed by atoms with Gasteiger partial charge in [-0.15, -0.1) is 0 Å². The molecule has 3 aromatic carbocycles. The Balaban J connectivity index is 1.82. The topological polar surface area (TPSA) is 29.1 Å². The highest BCUT2D eigenvalue weighted by atomic mass is 19.1. The van der Waals surface area contributed by atoms with Crippen molar-refractivity contribution in [3.05, 3.63) is 83.2 Å². The lowest BCUT2D eigenvalue weighted by Gasteiger charge is -2.40. The van der Waals surface area contributed by atoms with Gasteiger partial charge in [-0.1, -0.05) is 68.4 Å². The van der Waals surface area contributed by atoms with Gasteiger partial charge in [0.25, 0.3) is 0 Å². The summed E-state index contributed by atoms with van der Waals surface area (Å²) in [4.78, 5) is 13.2. The third-order valence-electron chi connectivity index (χ3n) is 5.97. The molecule has 1 aliphatic heterocycles. The molecule has 1 N–H and O–H groups in total. The number of halogens is 1. The normalized spacial score (nSPS) is 20.5. The lowest BCUT2D eigenvalue weighted by Crippen LogP contribution is -2.33. The summed E-state index contributed by atoms with van der Waals surface area (Å²) >= 11 is 0. The quantitative estimate of drug-likeness (QED) is 0.545. The first kappa shape index (κ1) is 17.2. The summed E-state index contributed by atoms with van der Waals surface area (Å²) in [5.74, 6) is -0.168. The Morgan fingerprint density at radius 3 is 2.54 bits per heavy atom. The molecule has 0 bridgehead atoms. The molecule has 1 heterocycles. The van der Waals surface area contributed by atoms with Crippen molar-refractivity contribution in [2.24, 2.45) is 5.41 Å². The maximum atomic E-state index is 14.7. The molecule has 0 fully saturated rings. The summed E-state index contributed by atoms with van der Waals surface area (Å²) in [6, 6.07) is 18.7. The van der Waals surface area contributed by atoms with Crippen LogP contribution in [0.2, 0.25) is 0 Å². The third kappa shape index (κ3) is 2.57. The second-order valence-electron chi connectivity index (χ2n) is 8.64.